The molecule has 0 aliphatic carbocycles. The lowest BCUT2D eigenvalue weighted by Crippen LogP contribution is -2.24. The molecule has 0 saturated carbocycles. The van der Waals surface area contributed by atoms with E-state index >= 15 is 0 Å². The predicted molar refractivity (Wildman–Crippen MR) is 88.5 cm³/mol. The van der Waals surface area contributed by atoms with Crippen molar-refractivity contribution in [1.29, 1.82) is 0 Å². The maximum absolute atomic E-state index is 12.4. The van der Waals surface area contributed by atoms with Crippen LogP contribution >= 0.6 is 34.8 Å². The smallest absolute Gasteiger partial charge is 0.243 e. The first-order valence-electron chi connectivity index (χ1n) is 6.10. The second kappa shape index (κ2) is 7.06. The second-order valence-electron chi connectivity index (χ2n) is 4.37. The Kier molecular flexibility index (Phi) is 5.58. The normalized spacial score (nSPS) is 11.5. The molecule has 0 saturated heterocycles. The van der Waals surface area contributed by atoms with Gasteiger partial charge in [-0.1, -0.05) is 46.9 Å². The van der Waals surface area contributed by atoms with E-state index in [2.05, 4.69) is 4.72 Å². The third-order valence-electron chi connectivity index (χ3n) is 2.83. The van der Waals surface area contributed by atoms with E-state index in [1.54, 1.807) is 24.3 Å². The van der Waals surface area contributed by atoms with Gasteiger partial charge in [-0.2, -0.15) is 0 Å². The Morgan fingerprint density at radius 2 is 1.73 bits per heavy atom. The molecule has 2 aromatic rings. The molecule has 8 heteroatoms. The topological polar surface area (TPSA) is 55.4 Å². The van der Waals surface area contributed by atoms with Crippen molar-refractivity contribution in [3.8, 4) is 5.75 Å². The van der Waals surface area contributed by atoms with Crippen molar-refractivity contribution in [2.24, 2.45) is 0 Å². The van der Waals surface area contributed by atoms with Gasteiger partial charge >= 0.3 is 0 Å². The van der Waals surface area contributed by atoms with Gasteiger partial charge in [0.2, 0.25) is 10.0 Å². The zero-order valence-electron chi connectivity index (χ0n) is 11.4. The highest BCUT2D eigenvalue weighted by Gasteiger charge is 2.22. The molecular formula is C14H12Cl3NO3S. The van der Waals surface area contributed by atoms with Gasteiger partial charge in [-0.05, 0) is 29.8 Å². The summed E-state index contributed by atoms with van der Waals surface area (Å²) in [5.41, 5.74) is 0.740. The molecule has 0 aromatic heterocycles. The molecule has 4 nitrogen and oxygen atoms in total. The van der Waals surface area contributed by atoms with E-state index in [0.29, 0.717) is 5.75 Å². The number of rotatable bonds is 5. The number of halogens is 3. The number of benzene rings is 2. The minimum absolute atomic E-state index is 0.0318. The fourth-order valence-electron chi connectivity index (χ4n) is 1.82. The first kappa shape index (κ1) is 17.4. The summed E-state index contributed by atoms with van der Waals surface area (Å²) in [4.78, 5) is -0.192. The average Bonchev–Trinajstić information content (AvgIpc) is 2.44. The van der Waals surface area contributed by atoms with Crippen molar-refractivity contribution >= 4 is 44.8 Å². The molecule has 1 N–H and O–H groups in total. The van der Waals surface area contributed by atoms with Gasteiger partial charge in [0, 0.05) is 11.6 Å². The van der Waals surface area contributed by atoms with E-state index < -0.39 is 10.0 Å². The largest absolute Gasteiger partial charge is 0.497 e. The highest BCUT2D eigenvalue weighted by atomic mass is 35.5. The number of methoxy groups -OCH3 is 1. The second-order valence-corrected chi connectivity index (χ2v) is 7.33. The monoisotopic (exact) mass is 379 g/mol. The molecule has 2 aromatic carbocycles. The van der Waals surface area contributed by atoms with Crippen LogP contribution < -0.4 is 9.46 Å². The fourth-order valence-corrected chi connectivity index (χ4v) is 4.38. The van der Waals surface area contributed by atoms with Crippen molar-refractivity contribution in [2.75, 3.05) is 7.11 Å². The van der Waals surface area contributed by atoms with Crippen molar-refractivity contribution in [3.63, 3.8) is 0 Å². The standard InChI is InChI=1S/C14H12Cl3NO3S/c1-21-11-4-2-3-9(5-11)8-18-22(19,20)14-12(16)6-10(15)7-13(14)17/h2-7,18H,8H2,1H3. The summed E-state index contributed by atoms with van der Waals surface area (Å²) in [6, 6.07) is 9.70. The van der Waals surface area contributed by atoms with Crippen LogP contribution in [-0.4, -0.2) is 15.5 Å². The Bertz CT molecular complexity index is 771. The summed E-state index contributed by atoms with van der Waals surface area (Å²) in [5.74, 6) is 0.638. The fraction of sp³-hybridized carbons (Fsp3) is 0.143. The Morgan fingerprint density at radius 3 is 2.32 bits per heavy atom. The van der Waals surface area contributed by atoms with Gasteiger partial charge in [-0.3, -0.25) is 0 Å². The first-order chi connectivity index (χ1) is 10.3. The molecule has 0 radical (unpaired) electrons. The predicted octanol–water partition coefficient (Wildman–Crippen LogP) is 4.13. The lowest BCUT2D eigenvalue weighted by molar-refractivity contribution is 0.414. The molecular weight excluding hydrogens is 369 g/mol. The molecule has 0 atom stereocenters. The number of sulfonamides is 1. The van der Waals surface area contributed by atoms with Crippen LogP contribution in [0.5, 0.6) is 5.75 Å². The molecule has 0 unspecified atom stereocenters. The SMILES string of the molecule is COc1cccc(CNS(=O)(=O)c2c(Cl)cc(Cl)cc2Cl)c1. The minimum atomic E-state index is -3.87. The molecule has 0 spiro atoms. The lowest BCUT2D eigenvalue weighted by atomic mass is 10.2. The van der Waals surface area contributed by atoms with Crippen LogP contribution in [0.25, 0.3) is 0 Å². The number of ether oxygens (including phenoxy) is 1. The summed E-state index contributed by atoms with van der Waals surface area (Å²) in [6.45, 7) is 0.0782. The zero-order valence-corrected chi connectivity index (χ0v) is 14.5. The Hall–Kier alpha value is -0.980. The van der Waals surface area contributed by atoms with Crippen molar-refractivity contribution in [1.82, 2.24) is 4.72 Å². The van der Waals surface area contributed by atoms with Crippen LogP contribution in [0.1, 0.15) is 5.56 Å². The maximum Gasteiger partial charge on any atom is 0.243 e. The van der Waals surface area contributed by atoms with Crippen molar-refractivity contribution in [2.45, 2.75) is 11.4 Å². The average molecular weight is 381 g/mol. The van der Waals surface area contributed by atoms with Gasteiger partial charge in [-0.25, -0.2) is 13.1 Å². The van der Waals surface area contributed by atoms with Crippen molar-refractivity contribution in [3.05, 3.63) is 57.0 Å². The Morgan fingerprint density at radius 1 is 1.09 bits per heavy atom. The third-order valence-corrected chi connectivity index (χ3v) is 5.37. The summed E-state index contributed by atoms with van der Waals surface area (Å²) in [6.07, 6.45) is 0. The summed E-state index contributed by atoms with van der Waals surface area (Å²) in [7, 11) is -2.33. The summed E-state index contributed by atoms with van der Waals surface area (Å²) < 4.78 is 32.3. The van der Waals surface area contributed by atoms with Gasteiger partial charge in [0.15, 0.2) is 0 Å². The van der Waals surface area contributed by atoms with E-state index in [-0.39, 0.29) is 26.5 Å². The van der Waals surface area contributed by atoms with E-state index in [1.807, 2.05) is 0 Å². The van der Waals surface area contributed by atoms with E-state index in [4.69, 9.17) is 39.5 Å². The van der Waals surface area contributed by atoms with Gasteiger partial charge in [0.05, 0.1) is 17.2 Å². The quantitative estimate of drug-likeness (QED) is 0.848. The zero-order chi connectivity index (χ0) is 16.3. The van der Waals surface area contributed by atoms with Crippen LogP contribution in [0, 0.1) is 0 Å². The molecule has 0 aliphatic heterocycles. The van der Waals surface area contributed by atoms with Crippen LogP contribution in [0.15, 0.2) is 41.3 Å². The van der Waals surface area contributed by atoms with Gasteiger partial charge < -0.3 is 4.74 Å². The molecule has 0 amide bonds. The molecule has 0 bridgehead atoms. The third kappa shape index (κ3) is 4.06. The van der Waals surface area contributed by atoms with E-state index in [0.717, 1.165) is 5.56 Å². The molecule has 22 heavy (non-hydrogen) atoms. The van der Waals surface area contributed by atoms with Gasteiger partial charge in [0.25, 0.3) is 0 Å². The molecule has 0 fully saturated rings. The highest BCUT2D eigenvalue weighted by Crippen LogP contribution is 2.32. The molecule has 118 valence electrons. The van der Waals surface area contributed by atoms with Crippen molar-refractivity contribution < 1.29 is 13.2 Å². The molecule has 0 heterocycles. The van der Waals surface area contributed by atoms with Crippen LogP contribution in [-0.2, 0) is 16.6 Å². The van der Waals surface area contributed by atoms with Crippen LogP contribution in [0.4, 0.5) is 0 Å². The first-order valence-corrected chi connectivity index (χ1v) is 8.72. The number of hydrogen-bond acceptors (Lipinski definition) is 3. The Balaban J connectivity index is 2.25. The molecule has 2 rings (SSSR count). The summed E-state index contributed by atoms with van der Waals surface area (Å²) in [5, 5.41) is 0.202. The van der Waals surface area contributed by atoms with E-state index in [1.165, 1.54) is 19.2 Å². The molecule has 0 aliphatic rings. The lowest BCUT2D eigenvalue weighted by Gasteiger charge is -2.11. The van der Waals surface area contributed by atoms with E-state index in [9.17, 15) is 8.42 Å². The number of hydrogen-bond donors (Lipinski definition) is 1. The number of nitrogens with one attached hydrogen (secondary N) is 1. The minimum Gasteiger partial charge on any atom is -0.497 e. The van der Waals surface area contributed by atoms with Gasteiger partial charge in [0.1, 0.15) is 10.6 Å². The van der Waals surface area contributed by atoms with Gasteiger partial charge in [-0.15, -0.1) is 0 Å². The van der Waals surface area contributed by atoms with Crippen LogP contribution in [0.3, 0.4) is 0 Å². The highest BCUT2D eigenvalue weighted by molar-refractivity contribution is 7.89. The summed E-state index contributed by atoms with van der Waals surface area (Å²) >= 11 is 17.7. The Labute approximate surface area is 144 Å². The van der Waals surface area contributed by atoms with Crippen LogP contribution in [0.2, 0.25) is 15.1 Å². The maximum atomic E-state index is 12.4.